The lowest BCUT2D eigenvalue weighted by Crippen LogP contribution is -2.35. The highest BCUT2D eigenvalue weighted by Gasteiger charge is 2.51. The molecule has 57 heavy (non-hydrogen) atoms. The van der Waals surface area contributed by atoms with Crippen molar-refractivity contribution in [3.05, 3.63) is 210 Å². The van der Waals surface area contributed by atoms with E-state index in [-0.39, 0.29) is 23.2 Å². The van der Waals surface area contributed by atoms with Gasteiger partial charge in [-0.25, -0.2) is 15.0 Å². The minimum absolute atomic E-state index is 0.0991. The van der Waals surface area contributed by atoms with Crippen molar-refractivity contribution < 1.29 is 0 Å². The molecular weight excluding hydrogens is 695 g/mol. The summed E-state index contributed by atoms with van der Waals surface area (Å²) in [5, 5.41) is 0. The predicted molar refractivity (Wildman–Crippen MR) is 230 cm³/mol. The molecule has 5 aromatic carbocycles. The molecule has 12 rings (SSSR count). The van der Waals surface area contributed by atoms with Gasteiger partial charge in [0, 0.05) is 57.5 Å². The van der Waals surface area contributed by atoms with Gasteiger partial charge in [-0.05, 0) is 71.0 Å². The molecule has 0 amide bonds. The van der Waals surface area contributed by atoms with E-state index in [4.69, 9.17) is 19.9 Å². The summed E-state index contributed by atoms with van der Waals surface area (Å²) >= 11 is 0. The Hall–Kier alpha value is -6.98. The Balaban J connectivity index is 1.03. The minimum atomic E-state index is -0.227. The second kappa shape index (κ2) is 12.5. The van der Waals surface area contributed by atoms with Crippen LogP contribution in [0.5, 0.6) is 0 Å². The van der Waals surface area contributed by atoms with Crippen molar-refractivity contribution >= 4 is 28.5 Å². The Bertz CT molecular complexity index is 2900. The quantitative estimate of drug-likeness (QED) is 0.181. The highest BCUT2D eigenvalue weighted by molar-refractivity contribution is 5.91. The molecule has 0 saturated heterocycles. The van der Waals surface area contributed by atoms with Crippen LogP contribution in [-0.2, 0) is 0 Å². The molecule has 2 aliphatic heterocycles. The largest absolute Gasteiger partial charge is 0.296 e. The molecule has 2 aromatic heterocycles. The molecule has 0 saturated carbocycles. The van der Waals surface area contributed by atoms with Crippen LogP contribution in [-0.4, -0.2) is 25.7 Å². The number of aliphatic imine (C=N–C) groups is 1. The number of hydrogen-bond donors (Lipinski definition) is 0. The molecule has 4 unspecified atom stereocenters. The van der Waals surface area contributed by atoms with Gasteiger partial charge in [0.1, 0.15) is 5.82 Å². The van der Waals surface area contributed by atoms with Crippen molar-refractivity contribution in [1.82, 2.24) is 19.5 Å². The van der Waals surface area contributed by atoms with E-state index in [0.717, 1.165) is 69.3 Å². The van der Waals surface area contributed by atoms with Gasteiger partial charge in [-0.15, -0.1) is 0 Å². The molecule has 4 bridgehead atoms. The van der Waals surface area contributed by atoms with Gasteiger partial charge in [-0.3, -0.25) is 9.56 Å². The van der Waals surface area contributed by atoms with Crippen LogP contribution < -0.4 is 0 Å². The summed E-state index contributed by atoms with van der Waals surface area (Å²) in [6, 6.07) is 49.4. The van der Waals surface area contributed by atoms with E-state index in [1.165, 1.54) is 33.5 Å². The minimum Gasteiger partial charge on any atom is -0.296 e. The first-order valence-electron chi connectivity index (χ1n) is 20.0. The third-order valence-corrected chi connectivity index (χ3v) is 12.6. The SMILES string of the molecule is C1=CC2=CC3(C=CC4=C(c5ccc(-c6cc(-c7ccccc7)nc(-c7ccccc7)n6)cc5)c5ccccc5C(C5=CC(CC=N5)c5nc6ccccc6n52)C43)C1. The van der Waals surface area contributed by atoms with Crippen LogP contribution in [0.25, 0.3) is 56.2 Å². The lowest BCUT2D eigenvalue weighted by Gasteiger charge is -2.44. The van der Waals surface area contributed by atoms with Crippen LogP contribution in [0, 0.1) is 11.3 Å². The van der Waals surface area contributed by atoms with E-state index in [1.54, 1.807) is 0 Å². The zero-order valence-corrected chi connectivity index (χ0v) is 31.2. The molecule has 5 nitrogen and oxygen atoms in total. The Morgan fingerprint density at radius 3 is 2.18 bits per heavy atom. The third-order valence-electron chi connectivity index (χ3n) is 12.6. The monoisotopic (exact) mass is 731 g/mol. The molecule has 3 aliphatic carbocycles. The van der Waals surface area contributed by atoms with Crippen molar-refractivity contribution in [2.45, 2.75) is 24.7 Å². The fourth-order valence-electron chi connectivity index (χ4n) is 10.1. The Morgan fingerprint density at radius 2 is 1.35 bits per heavy atom. The van der Waals surface area contributed by atoms with Crippen molar-refractivity contribution in [3.8, 4) is 33.9 Å². The Kier molecular flexibility index (Phi) is 7.09. The van der Waals surface area contributed by atoms with Crippen LogP contribution in [0.2, 0.25) is 0 Å². The van der Waals surface area contributed by atoms with Gasteiger partial charge in [-0.2, -0.15) is 0 Å². The van der Waals surface area contributed by atoms with Crippen molar-refractivity contribution in [3.63, 3.8) is 0 Å². The molecule has 270 valence electrons. The van der Waals surface area contributed by atoms with Crippen LogP contribution >= 0.6 is 0 Å². The van der Waals surface area contributed by atoms with Gasteiger partial charge in [0.25, 0.3) is 0 Å². The lowest BCUT2D eigenvalue weighted by atomic mass is 9.59. The molecule has 0 fully saturated rings. The average Bonchev–Trinajstić information content (AvgIpc) is 3.84. The van der Waals surface area contributed by atoms with E-state index in [0.29, 0.717) is 0 Å². The van der Waals surface area contributed by atoms with E-state index >= 15 is 0 Å². The summed E-state index contributed by atoms with van der Waals surface area (Å²) in [7, 11) is 0. The zero-order chi connectivity index (χ0) is 37.5. The van der Waals surface area contributed by atoms with Gasteiger partial charge in [-0.1, -0.05) is 146 Å². The summed E-state index contributed by atoms with van der Waals surface area (Å²) in [6.07, 6.45) is 18.5. The standard InChI is InChI=1S/C52H37N5/c1-3-12-33(13-4-1)43-31-44(55-50(54-43)36-14-5-2-6-15-36)34-21-23-35(24-22-34)47-39-17-7-8-18-40(39)48-45-30-37(26-29-53-45)51-56-42-19-9-10-20-46(42)57(51)38-16-11-27-52(32-38)28-25-41(47)49(48)52/h1-25,28-32,37,48-49H,26-27H2. The van der Waals surface area contributed by atoms with Gasteiger partial charge in [0.15, 0.2) is 5.82 Å². The molecule has 5 aliphatic rings. The fourth-order valence-corrected chi connectivity index (χ4v) is 10.1. The van der Waals surface area contributed by atoms with E-state index in [2.05, 4.69) is 162 Å². The molecule has 5 heteroatoms. The summed E-state index contributed by atoms with van der Waals surface area (Å²) < 4.78 is 2.41. The number of nitrogens with zero attached hydrogens (tertiary/aromatic N) is 5. The van der Waals surface area contributed by atoms with Gasteiger partial charge < -0.3 is 0 Å². The Labute approximate surface area is 331 Å². The van der Waals surface area contributed by atoms with Gasteiger partial charge >= 0.3 is 0 Å². The van der Waals surface area contributed by atoms with Crippen LogP contribution in [0.3, 0.4) is 0 Å². The number of aromatic nitrogens is 4. The van der Waals surface area contributed by atoms with E-state index < -0.39 is 0 Å². The highest BCUT2D eigenvalue weighted by atomic mass is 15.1. The first-order chi connectivity index (χ1) is 28.2. The number of benzene rings is 5. The van der Waals surface area contributed by atoms with Crippen molar-refractivity contribution in [2.75, 3.05) is 0 Å². The summed E-state index contributed by atoms with van der Waals surface area (Å²) in [5.41, 5.74) is 15.7. The first-order valence-corrected chi connectivity index (χ1v) is 20.0. The second-order valence-corrected chi connectivity index (χ2v) is 15.8. The molecular formula is C52H37N5. The number of imidazole rings is 1. The number of allylic oxidation sites excluding steroid dienone is 9. The van der Waals surface area contributed by atoms with Gasteiger partial charge in [0.05, 0.1) is 22.4 Å². The van der Waals surface area contributed by atoms with Crippen LogP contribution in [0.15, 0.2) is 192 Å². The number of hydrogen-bond acceptors (Lipinski definition) is 4. The maximum atomic E-state index is 5.27. The third kappa shape index (κ3) is 5.01. The smallest absolute Gasteiger partial charge is 0.160 e. The van der Waals surface area contributed by atoms with E-state index in [1.807, 2.05) is 24.3 Å². The summed E-state index contributed by atoms with van der Waals surface area (Å²) in [5.74, 6) is 2.20. The summed E-state index contributed by atoms with van der Waals surface area (Å²) in [4.78, 5) is 20.6. The summed E-state index contributed by atoms with van der Waals surface area (Å²) in [6.45, 7) is 0. The normalized spacial score (nSPS) is 22.4. The number of para-hydroxylation sites is 2. The molecule has 4 heterocycles. The van der Waals surface area contributed by atoms with Crippen LogP contribution in [0.4, 0.5) is 0 Å². The zero-order valence-electron chi connectivity index (χ0n) is 31.2. The number of fused-ring (bicyclic) bond motifs is 9. The predicted octanol–water partition coefficient (Wildman–Crippen LogP) is 11.9. The maximum absolute atomic E-state index is 5.27. The highest BCUT2D eigenvalue weighted by Crippen LogP contribution is 2.62. The van der Waals surface area contributed by atoms with Crippen molar-refractivity contribution in [2.24, 2.45) is 16.3 Å². The average molecular weight is 732 g/mol. The molecule has 0 radical (unpaired) electrons. The fraction of sp³-hybridized carbons (Fsp3) is 0.115. The Morgan fingerprint density at radius 1 is 0.649 bits per heavy atom. The molecule has 1 spiro atoms. The second-order valence-electron chi connectivity index (χ2n) is 15.8. The molecule has 0 N–H and O–H groups in total. The maximum Gasteiger partial charge on any atom is 0.160 e. The van der Waals surface area contributed by atoms with E-state index in [9.17, 15) is 0 Å². The topological polar surface area (TPSA) is 56.0 Å². The molecule has 7 aromatic rings. The number of rotatable bonds is 4. The van der Waals surface area contributed by atoms with Crippen molar-refractivity contribution in [1.29, 1.82) is 0 Å². The molecule has 4 atom stereocenters. The van der Waals surface area contributed by atoms with Crippen LogP contribution in [0.1, 0.15) is 47.2 Å². The van der Waals surface area contributed by atoms with Gasteiger partial charge in [0.2, 0.25) is 0 Å². The first kappa shape index (κ1) is 32.3. The lowest BCUT2D eigenvalue weighted by molar-refractivity contribution is 0.324.